The number of rotatable bonds is 6. The van der Waals surface area contributed by atoms with Crippen molar-refractivity contribution in [3.63, 3.8) is 0 Å². The Labute approximate surface area is 231 Å². The maximum atomic E-state index is 14.4. The number of carbonyl (C=O) groups excluding carboxylic acids is 2. The number of hydrogen-bond acceptors (Lipinski definition) is 6. The van der Waals surface area contributed by atoms with Crippen molar-refractivity contribution in [3.8, 4) is 5.75 Å². The molecule has 0 aliphatic carbocycles. The molecule has 0 saturated carbocycles. The number of nitrogens with zero attached hydrogens (tertiary/aromatic N) is 2. The summed E-state index contributed by atoms with van der Waals surface area (Å²) < 4.78 is 30.4. The fraction of sp³-hybridized carbons (Fsp3) is 0.367. The van der Waals surface area contributed by atoms with Crippen LogP contribution in [-0.2, 0) is 9.53 Å². The third kappa shape index (κ3) is 4.95. The van der Waals surface area contributed by atoms with E-state index in [0.717, 1.165) is 0 Å². The van der Waals surface area contributed by atoms with E-state index in [2.05, 4.69) is 0 Å². The van der Waals surface area contributed by atoms with E-state index in [-0.39, 0.29) is 18.9 Å². The van der Waals surface area contributed by atoms with E-state index < -0.39 is 41.7 Å². The Kier molecular flexibility index (Phi) is 7.62. The molecule has 0 radical (unpaired) electrons. The Morgan fingerprint density at radius 1 is 0.975 bits per heavy atom. The van der Waals surface area contributed by atoms with Crippen LogP contribution in [0.3, 0.4) is 0 Å². The number of furan rings is 1. The highest BCUT2D eigenvalue weighted by Gasteiger charge is 2.58. The number of aliphatic carboxylic acids is 1. The lowest BCUT2D eigenvalue weighted by Crippen LogP contribution is -2.52. The number of Topliss-reactive ketones (excluding diaryl/α,β-unsaturated/α-hetero) is 1. The Balaban J connectivity index is 1.74. The fourth-order valence-corrected chi connectivity index (χ4v) is 5.95. The average Bonchev–Trinajstić information content (AvgIpc) is 3.50. The molecule has 2 aromatic carbocycles. The van der Waals surface area contributed by atoms with Gasteiger partial charge in [0, 0.05) is 19.0 Å². The van der Waals surface area contributed by atoms with Crippen LogP contribution in [-0.4, -0.2) is 72.1 Å². The van der Waals surface area contributed by atoms with Crippen molar-refractivity contribution in [3.05, 3.63) is 88.6 Å². The molecule has 0 bridgehead atoms. The monoisotopic (exact) mass is 550 g/mol. The van der Waals surface area contributed by atoms with Gasteiger partial charge in [0.1, 0.15) is 29.1 Å². The molecular formula is C30H31FN2O7. The average molecular weight is 551 g/mol. The largest absolute Gasteiger partial charge is 0.497 e. The third-order valence-electron chi connectivity index (χ3n) is 7.74. The summed E-state index contributed by atoms with van der Waals surface area (Å²) in [5.41, 5.74) is 1.34. The van der Waals surface area contributed by atoms with Crippen LogP contribution in [0.25, 0.3) is 0 Å². The number of carboxylic acid groups (broad SMARTS) is 1. The van der Waals surface area contributed by atoms with Gasteiger partial charge in [0.2, 0.25) is 0 Å². The minimum Gasteiger partial charge on any atom is -0.497 e. The Morgan fingerprint density at radius 3 is 2.15 bits per heavy atom. The van der Waals surface area contributed by atoms with Gasteiger partial charge in [0.05, 0.1) is 37.8 Å². The van der Waals surface area contributed by atoms with Crippen LogP contribution < -0.4 is 4.74 Å². The van der Waals surface area contributed by atoms with Crippen molar-refractivity contribution < 1.29 is 37.8 Å². The number of halogens is 1. The molecule has 210 valence electrons. The first-order chi connectivity index (χ1) is 19.2. The summed E-state index contributed by atoms with van der Waals surface area (Å²) in [5.74, 6) is -2.52. The minimum absolute atomic E-state index is 0.281. The topological polar surface area (TPSA) is 110 Å². The van der Waals surface area contributed by atoms with Gasteiger partial charge in [0.15, 0.2) is 5.78 Å². The van der Waals surface area contributed by atoms with Gasteiger partial charge >= 0.3 is 12.0 Å². The highest BCUT2D eigenvalue weighted by Crippen LogP contribution is 2.52. The van der Waals surface area contributed by atoms with Gasteiger partial charge in [-0.1, -0.05) is 24.3 Å². The number of carbonyl (C=O) groups is 3. The van der Waals surface area contributed by atoms with E-state index in [9.17, 15) is 23.9 Å². The second-order valence-electron chi connectivity index (χ2n) is 10.1. The molecule has 2 amide bonds. The lowest BCUT2D eigenvalue weighted by Gasteiger charge is -2.36. The van der Waals surface area contributed by atoms with E-state index >= 15 is 0 Å². The molecule has 2 saturated heterocycles. The summed E-state index contributed by atoms with van der Waals surface area (Å²) in [5, 5.41) is 10.6. The molecule has 5 rings (SSSR count). The van der Waals surface area contributed by atoms with Crippen molar-refractivity contribution in [2.24, 2.45) is 5.92 Å². The molecule has 0 spiro atoms. The van der Waals surface area contributed by atoms with E-state index in [1.54, 1.807) is 49.1 Å². The van der Waals surface area contributed by atoms with Crippen LogP contribution in [0, 0.1) is 25.6 Å². The SMILES string of the molecule is COc1ccc(C2C(C(=O)c3cc(C)oc3C)C(c3ccc(F)cc3)N(C(=O)N3CCOCC3)C2C(=O)O)cc1. The summed E-state index contributed by atoms with van der Waals surface area (Å²) in [6.45, 7) is 4.60. The van der Waals surface area contributed by atoms with Crippen molar-refractivity contribution in [1.29, 1.82) is 0 Å². The number of benzene rings is 2. The summed E-state index contributed by atoms with van der Waals surface area (Å²) >= 11 is 0. The minimum atomic E-state index is -1.39. The number of ether oxygens (including phenoxy) is 2. The normalized spacial score (nSPS) is 22.8. The zero-order valence-electron chi connectivity index (χ0n) is 22.5. The van der Waals surface area contributed by atoms with Gasteiger partial charge in [-0.2, -0.15) is 0 Å². The number of urea groups is 1. The van der Waals surface area contributed by atoms with Crippen LogP contribution in [0.15, 0.2) is 59.0 Å². The highest BCUT2D eigenvalue weighted by molar-refractivity contribution is 6.02. The van der Waals surface area contributed by atoms with Crippen molar-refractivity contribution in [2.75, 3.05) is 33.4 Å². The predicted octanol–water partition coefficient (Wildman–Crippen LogP) is 4.59. The van der Waals surface area contributed by atoms with Crippen molar-refractivity contribution >= 4 is 17.8 Å². The molecule has 40 heavy (non-hydrogen) atoms. The number of morpholine rings is 1. The van der Waals surface area contributed by atoms with E-state index in [0.29, 0.717) is 47.2 Å². The van der Waals surface area contributed by atoms with Gasteiger partial charge < -0.3 is 28.8 Å². The summed E-state index contributed by atoms with van der Waals surface area (Å²) in [6, 6.07) is 11.1. The number of methoxy groups -OCH3 is 1. The number of likely N-dealkylation sites (tertiary alicyclic amines) is 1. The van der Waals surface area contributed by atoms with Crippen LogP contribution in [0.1, 0.15) is 45.0 Å². The van der Waals surface area contributed by atoms with Crippen molar-refractivity contribution in [2.45, 2.75) is 31.8 Å². The van der Waals surface area contributed by atoms with Crippen LogP contribution in [0.4, 0.5) is 9.18 Å². The van der Waals surface area contributed by atoms with E-state index in [1.165, 1.54) is 36.3 Å². The quantitative estimate of drug-likeness (QED) is 0.447. The van der Waals surface area contributed by atoms with E-state index in [4.69, 9.17) is 13.9 Å². The standard InChI is InChI=1S/C30H31FN2O7/c1-17-16-23(18(2)40-17)28(34)25-24(19-6-10-22(38-3)11-7-19)27(29(35)36)33(30(37)32-12-14-39-15-13-32)26(25)20-4-8-21(31)9-5-20/h4-11,16,24-27H,12-15H2,1-3H3,(H,35,36). The lowest BCUT2D eigenvalue weighted by atomic mass is 9.76. The molecule has 1 N–H and O–H groups in total. The number of carboxylic acids is 1. The second-order valence-corrected chi connectivity index (χ2v) is 10.1. The molecule has 3 heterocycles. The lowest BCUT2D eigenvalue weighted by molar-refractivity contribution is -0.142. The zero-order valence-corrected chi connectivity index (χ0v) is 22.5. The molecule has 3 aromatic rings. The predicted molar refractivity (Wildman–Crippen MR) is 142 cm³/mol. The Bertz CT molecular complexity index is 1400. The first-order valence-corrected chi connectivity index (χ1v) is 13.1. The first kappa shape index (κ1) is 27.4. The Hall–Kier alpha value is -4.18. The summed E-state index contributed by atoms with van der Waals surface area (Å²) in [4.78, 5) is 44.5. The molecule has 1 aromatic heterocycles. The Morgan fingerprint density at radius 2 is 1.60 bits per heavy atom. The van der Waals surface area contributed by atoms with Gasteiger partial charge in [-0.15, -0.1) is 0 Å². The van der Waals surface area contributed by atoms with Crippen LogP contribution in [0.2, 0.25) is 0 Å². The molecular weight excluding hydrogens is 519 g/mol. The molecule has 4 unspecified atom stereocenters. The van der Waals surface area contributed by atoms with Crippen molar-refractivity contribution in [1.82, 2.24) is 9.80 Å². The molecule has 4 atom stereocenters. The highest BCUT2D eigenvalue weighted by atomic mass is 19.1. The molecule has 2 fully saturated rings. The summed E-state index contributed by atoms with van der Waals surface area (Å²) in [6.07, 6.45) is 0. The van der Waals surface area contributed by atoms with Gasteiger partial charge in [-0.25, -0.2) is 14.0 Å². The van der Waals surface area contributed by atoms with Gasteiger partial charge in [-0.05, 0) is 55.3 Å². The van der Waals surface area contributed by atoms with Crippen LogP contribution >= 0.6 is 0 Å². The van der Waals surface area contributed by atoms with E-state index in [1.807, 2.05) is 0 Å². The summed E-state index contributed by atoms with van der Waals surface area (Å²) in [7, 11) is 1.52. The van der Waals surface area contributed by atoms with Gasteiger partial charge in [-0.3, -0.25) is 4.79 Å². The maximum Gasteiger partial charge on any atom is 0.327 e. The zero-order chi connectivity index (χ0) is 28.6. The second kappa shape index (κ2) is 11.1. The molecule has 2 aliphatic heterocycles. The fourth-order valence-electron chi connectivity index (χ4n) is 5.95. The number of ketones is 1. The number of amides is 2. The number of aryl methyl sites for hydroxylation is 2. The maximum absolute atomic E-state index is 14.4. The third-order valence-corrected chi connectivity index (χ3v) is 7.74. The molecule has 2 aliphatic rings. The molecule has 9 nitrogen and oxygen atoms in total. The first-order valence-electron chi connectivity index (χ1n) is 13.1. The van der Waals surface area contributed by atoms with Gasteiger partial charge in [0.25, 0.3) is 0 Å². The molecule has 10 heteroatoms. The van der Waals surface area contributed by atoms with Crippen LogP contribution in [0.5, 0.6) is 5.75 Å². The number of hydrogen-bond donors (Lipinski definition) is 1. The smallest absolute Gasteiger partial charge is 0.327 e.